The molecule has 7 nitrogen and oxygen atoms in total. The van der Waals surface area contributed by atoms with Gasteiger partial charge in [0.05, 0.1) is 24.9 Å². The molecule has 0 fully saturated rings. The third-order valence-corrected chi connectivity index (χ3v) is 3.16. The molecule has 0 bridgehead atoms. The highest BCUT2D eigenvalue weighted by molar-refractivity contribution is 6.18. The molecule has 2 heterocycles. The molecule has 0 aliphatic heterocycles. The number of fused-ring (bicyclic) bond motifs is 1. The van der Waals surface area contributed by atoms with E-state index in [0.29, 0.717) is 5.65 Å². The van der Waals surface area contributed by atoms with Crippen molar-refractivity contribution in [3.05, 3.63) is 27.2 Å². The fourth-order valence-electron chi connectivity index (χ4n) is 1.81. The van der Waals surface area contributed by atoms with Gasteiger partial charge in [-0.1, -0.05) is 0 Å². The van der Waals surface area contributed by atoms with Gasteiger partial charge in [0.25, 0.3) is 5.56 Å². The van der Waals surface area contributed by atoms with E-state index in [0.717, 1.165) is 4.57 Å². The largest absolute Gasteiger partial charge is 0.390 e. The van der Waals surface area contributed by atoms with Gasteiger partial charge in [-0.05, 0) is 0 Å². The third-order valence-electron chi connectivity index (χ3n) is 2.80. The minimum atomic E-state index is -0.772. The fraction of sp³-hybridized carbons (Fsp3) is 0.500. The van der Waals surface area contributed by atoms with Crippen molar-refractivity contribution >= 4 is 22.8 Å². The van der Waals surface area contributed by atoms with Crippen LogP contribution in [0.2, 0.25) is 0 Å². The van der Waals surface area contributed by atoms with Crippen LogP contribution in [0.5, 0.6) is 0 Å². The molecule has 0 aliphatic rings. The molecule has 0 amide bonds. The maximum atomic E-state index is 12.0. The predicted molar refractivity (Wildman–Crippen MR) is 66.9 cm³/mol. The van der Waals surface area contributed by atoms with Crippen LogP contribution in [-0.2, 0) is 20.6 Å². The molecule has 0 saturated heterocycles. The van der Waals surface area contributed by atoms with Gasteiger partial charge in [0.2, 0.25) is 0 Å². The molecule has 98 valence electrons. The van der Waals surface area contributed by atoms with Gasteiger partial charge in [-0.15, -0.1) is 11.6 Å². The summed E-state index contributed by atoms with van der Waals surface area (Å²) in [4.78, 5) is 27.8. The van der Waals surface area contributed by atoms with Gasteiger partial charge >= 0.3 is 5.69 Å². The number of aliphatic hydroxyl groups is 1. The first-order valence-electron chi connectivity index (χ1n) is 5.32. The summed E-state index contributed by atoms with van der Waals surface area (Å²) in [5.74, 6) is 0.0613. The molecule has 2 rings (SSSR count). The maximum absolute atomic E-state index is 12.0. The molecule has 1 atom stereocenters. The second-order valence-corrected chi connectivity index (χ2v) is 4.39. The third kappa shape index (κ3) is 1.85. The zero-order valence-electron chi connectivity index (χ0n) is 10.00. The zero-order chi connectivity index (χ0) is 13.4. The smallest absolute Gasteiger partial charge is 0.332 e. The van der Waals surface area contributed by atoms with Crippen LogP contribution in [-0.4, -0.2) is 35.8 Å². The predicted octanol–water partition coefficient (Wildman–Crippen LogP) is -0.967. The Labute approximate surface area is 107 Å². The van der Waals surface area contributed by atoms with Crippen LogP contribution in [0, 0.1) is 0 Å². The maximum Gasteiger partial charge on any atom is 0.332 e. The summed E-state index contributed by atoms with van der Waals surface area (Å²) in [7, 11) is 2.94. The summed E-state index contributed by atoms with van der Waals surface area (Å²) >= 11 is 5.53. The average molecular weight is 273 g/mol. The van der Waals surface area contributed by atoms with Crippen molar-refractivity contribution in [2.75, 3.05) is 5.88 Å². The van der Waals surface area contributed by atoms with Crippen molar-refractivity contribution < 1.29 is 5.11 Å². The van der Waals surface area contributed by atoms with E-state index in [2.05, 4.69) is 4.98 Å². The van der Waals surface area contributed by atoms with Gasteiger partial charge in [0.15, 0.2) is 11.2 Å². The highest BCUT2D eigenvalue weighted by atomic mass is 35.5. The molecule has 1 N–H and O–H groups in total. The van der Waals surface area contributed by atoms with Crippen LogP contribution < -0.4 is 11.2 Å². The highest BCUT2D eigenvalue weighted by Gasteiger charge is 2.15. The molecule has 18 heavy (non-hydrogen) atoms. The van der Waals surface area contributed by atoms with Crippen LogP contribution in [0.1, 0.15) is 0 Å². The number of aromatic nitrogens is 4. The first-order valence-corrected chi connectivity index (χ1v) is 5.85. The molecular formula is C10H13ClN4O3. The molecular weight excluding hydrogens is 260 g/mol. The van der Waals surface area contributed by atoms with Crippen molar-refractivity contribution in [1.82, 2.24) is 18.7 Å². The number of nitrogens with zero attached hydrogens (tertiary/aromatic N) is 4. The summed E-state index contributed by atoms with van der Waals surface area (Å²) in [5.41, 5.74) is -0.295. The molecule has 1 unspecified atom stereocenters. The Morgan fingerprint density at radius 1 is 1.39 bits per heavy atom. The molecule has 0 spiro atoms. The average Bonchev–Trinajstić information content (AvgIpc) is 2.77. The first kappa shape index (κ1) is 12.8. The van der Waals surface area contributed by atoms with Crippen molar-refractivity contribution in [3.63, 3.8) is 0 Å². The minimum absolute atomic E-state index is 0.0613. The van der Waals surface area contributed by atoms with E-state index in [1.165, 1.54) is 22.5 Å². The number of alkyl halides is 1. The van der Waals surface area contributed by atoms with Gasteiger partial charge in [-0.25, -0.2) is 9.78 Å². The summed E-state index contributed by atoms with van der Waals surface area (Å²) in [5, 5.41) is 9.52. The van der Waals surface area contributed by atoms with E-state index in [4.69, 9.17) is 11.6 Å². The van der Waals surface area contributed by atoms with Gasteiger partial charge in [-0.2, -0.15) is 0 Å². The Balaban J connectivity index is 2.74. The monoisotopic (exact) mass is 272 g/mol. The van der Waals surface area contributed by atoms with E-state index >= 15 is 0 Å². The molecule has 2 aromatic rings. The molecule has 0 aliphatic carbocycles. The van der Waals surface area contributed by atoms with Gasteiger partial charge in [0.1, 0.15) is 0 Å². The van der Waals surface area contributed by atoms with E-state index < -0.39 is 17.4 Å². The van der Waals surface area contributed by atoms with Crippen LogP contribution in [0.15, 0.2) is 15.9 Å². The number of imidazole rings is 1. The van der Waals surface area contributed by atoms with E-state index in [1.807, 2.05) is 0 Å². The summed E-state index contributed by atoms with van der Waals surface area (Å²) in [6.07, 6.45) is 0.646. The Bertz CT molecular complexity index is 699. The summed E-state index contributed by atoms with van der Waals surface area (Å²) < 4.78 is 3.80. The SMILES string of the molecule is Cn1c(=O)c2c(ncn2CC(O)CCl)n(C)c1=O. The van der Waals surface area contributed by atoms with Crippen molar-refractivity contribution in [2.45, 2.75) is 12.6 Å². The standard InChI is InChI=1S/C10H13ClN4O3/c1-13-8-7(9(17)14(2)10(13)18)15(5-12-8)4-6(16)3-11/h5-6,16H,3-4H2,1-2H3. The fourth-order valence-corrected chi connectivity index (χ4v) is 1.91. The van der Waals surface area contributed by atoms with Crippen LogP contribution in [0.25, 0.3) is 11.2 Å². The molecule has 0 radical (unpaired) electrons. The van der Waals surface area contributed by atoms with E-state index in [9.17, 15) is 14.7 Å². The van der Waals surface area contributed by atoms with Crippen molar-refractivity contribution in [2.24, 2.45) is 14.1 Å². The summed E-state index contributed by atoms with van der Waals surface area (Å²) in [6, 6.07) is 0. The van der Waals surface area contributed by atoms with Gasteiger partial charge < -0.3 is 9.67 Å². The quantitative estimate of drug-likeness (QED) is 0.729. The highest BCUT2D eigenvalue weighted by Crippen LogP contribution is 2.06. The van der Waals surface area contributed by atoms with Crippen LogP contribution >= 0.6 is 11.6 Å². The van der Waals surface area contributed by atoms with Gasteiger partial charge in [0, 0.05) is 14.1 Å². The molecule has 2 aromatic heterocycles. The number of aliphatic hydroxyl groups excluding tert-OH is 1. The zero-order valence-corrected chi connectivity index (χ0v) is 10.8. The normalized spacial score (nSPS) is 13.1. The van der Waals surface area contributed by atoms with Crippen LogP contribution in [0.3, 0.4) is 0 Å². The van der Waals surface area contributed by atoms with Crippen molar-refractivity contribution in [3.8, 4) is 0 Å². The number of rotatable bonds is 3. The lowest BCUT2D eigenvalue weighted by Gasteiger charge is -2.09. The van der Waals surface area contributed by atoms with Crippen molar-refractivity contribution in [1.29, 1.82) is 0 Å². The lowest BCUT2D eigenvalue weighted by molar-refractivity contribution is 0.178. The summed E-state index contributed by atoms with van der Waals surface area (Å²) in [6.45, 7) is 0.160. The van der Waals surface area contributed by atoms with E-state index in [-0.39, 0.29) is 17.9 Å². The Morgan fingerprint density at radius 3 is 2.67 bits per heavy atom. The van der Waals surface area contributed by atoms with Crippen LogP contribution in [0.4, 0.5) is 0 Å². The number of hydrogen-bond acceptors (Lipinski definition) is 4. The Morgan fingerprint density at radius 2 is 2.06 bits per heavy atom. The van der Waals surface area contributed by atoms with Gasteiger partial charge in [-0.3, -0.25) is 13.9 Å². The topological polar surface area (TPSA) is 82.0 Å². The minimum Gasteiger partial charge on any atom is -0.390 e. The second kappa shape index (κ2) is 4.58. The second-order valence-electron chi connectivity index (χ2n) is 4.08. The Kier molecular flexibility index (Phi) is 3.27. The number of aryl methyl sites for hydroxylation is 1. The number of hydrogen-bond donors (Lipinski definition) is 1. The lowest BCUT2D eigenvalue weighted by atomic mass is 10.4. The van der Waals surface area contributed by atoms with E-state index in [1.54, 1.807) is 7.05 Å². The Hall–Kier alpha value is -1.60. The molecule has 0 saturated carbocycles. The molecule has 0 aromatic carbocycles. The molecule has 8 heteroatoms. The lowest BCUT2D eigenvalue weighted by Crippen LogP contribution is -2.37. The number of halogens is 1. The first-order chi connectivity index (χ1) is 8.47.